The molecule has 1 fully saturated rings. The monoisotopic (exact) mass is 381 g/mol. The fourth-order valence-electron chi connectivity index (χ4n) is 4.03. The standard InChI is InChI=1S/C21H23N3O2S/c1-12-9-10-15(13(2)11-12)22-19(25)17-18-14-7-5-6-8-16(14)26-21(17,3)24(4)20(27)23-18/h5-11,17-18H,1-4H3,(H,22,25)(H,23,27)/t17-,18+,21-/m0/s1. The average Bonchev–Trinajstić information content (AvgIpc) is 2.62. The molecule has 140 valence electrons. The van der Waals surface area contributed by atoms with Crippen LogP contribution in [0.2, 0.25) is 0 Å². The number of nitrogens with one attached hydrogen (secondary N) is 2. The number of benzene rings is 2. The van der Waals surface area contributed by atoms with Gasteiger partial charge in [-0.05, 0) is 50.7 Å². The van der Waals surface area contributed by atoms with Gasteiger partial charge in [0.2, 0.25) is 5.91 Å². The molecule has 0 aromatic heterocycles. The van der Waals surface area contributed by atoms with E-state index in [1.165, 1.54) is 0 Å². The van der Waals surface area contributed by atoms with Gasteiger partial charge in [-0.1, -0.05) is 35.9 Å². The van der Waals surface area contributed by atoms with Crippen LogP contribution in [-0.4, -0.2) is 28.7 Å². The predicted molar refractivity (Wildman–Crippen MR) is 110 cm³/mol. The van der Waals surface area contributed by atoms with Crippen LogP contribution in [0.3, 0.4) is 0 Å². The molecule has 5 nitrogen and oxygen atoms in total. The van der Waals surface area contributed by atoms with E-state index in [1.54, 1.807) is 0 Å². The number of para-hydroxylation sites is 1. The van der Waals surface area contributed by atoms with Gasteiger partial charge >= 0.3 is 0 Å². The molecule has 2 bridgehead atoms. The van der Waals surface area contributed by atoms with Gasteiger partial charge in [0.25, 0.3) is 0 Å². The van der Waals surface area contributed by atoms with Gasteiger partial charge in [-0.3, -0.25) is 4.79 Å². The van der Waals surface area contributed by atoms with Crippen LogP contribution < -0.4 is 15.4 Å². The summed E-state index contributed by atoms with van der Waals surface area (Å²) < 4.78 is 6.33. The molecule has 0 spiro atoms. The fraction of sp³-hybridized carbons (Fsp3) is 0.333. The molecule has 0 aliphatic carbocycles. The highest BCUT2D eigenvalue weighted by atomic mass is 32.1. The lowest BCUT2D eigenvalue weighted by atomic mass is 9.79. The van der Waals surface area contributed by atoms with Gasteiger partial charge in [0.1, 0.15) is 11.7 Å². The van der Waals surface area contributed by atoms with E-state index in [-0.39, 0.29) is 11.9 Å². The minimum Gasteiger partial charge on any atom is -0.467 e. The van der Waals surface area contributed by atoms with Gasteiger partial charge in [0.05, 0.1) is 6.04 Å². The number of ether oxygens (including phenoxy) is 1. The van der Waals surface area contributed by atoms with E-state index >= 15 is 0 Å². The van der Waals surface area contributed by atoms with Gasteiger partial charge in [0.15, 0.2) is 10.8 Å². The molecule has 2 aromatic rings. The van der Waals surface area contributed by atoms with Crippen molar-refractivity contribution in [3.05, 3.63) is 59.2 Å². The summed E-state index contributed by atoms with van der Waals surface area (Å²) in [5, 5.41) is 7.01. The number of aryl methyl sites for hydroxylation is 2. The Bertz CT molecular complexity index is 945. The minimum atomic E-state index is -0.871. The Hall–Kier alpha value is -2.60. The van der Waals surface area contributed by atoms with Crippen LogP contribution in [0, 0.1) is 19.8 Å². The maximum Gasteiger partial charge on any atom is 0.236 e. The summed E-state index contributed by atoms with van der Waals surface area (Å²) in [7, 11) is 1.86. The molecular formula is C21H23N3O2S. The second-order valence-electron chi connectivity index (χ2n) is 7.47. The van der Waals surface area contributed by atoms with Crippen LogP contribution in [0.1, 0.15) is 29.7 Å². The summed E-state index contributed by atoms with van der Waals surface area (Å²) in [6.45, 7) is 5.96. The third-order valence-corrected chi connectivity index (χ3v) is 6.04. The van der Waals surface area contributed by atoms with Gasteiger partial charge in [-0.15, -0.1) is 0 Å². The number of carbonyl (C=O) groups excluding carboxylic acids is 1. The molecule has 4 rings (SSSR count). The van der Waals surface area contributed by atoms with Gasteiger partial charge in [-0.25, -0.2) is 0 Å². The summed E-state index contributed by atoms with van der Waals surface area (Å²) in [6.07, 6.45) is 0. The lowest BCUT2D eigenvalue weighted by Gasteiger charge is -2.55. The molecule has 2 aliphatic rings. The van der Waals surface area contributed by atoms with Crippen LogP contribution in [0.4, 0.5) is 5.69 Å². The van der Waals surface area contributed by atoms with Gasteiger partial charge in [-0.2, -0.15) is 0 Å². The molecule has 6 heteroatoms. The van der Waals surface area contributed by atoms with Crippen molar-refractivity contribution in [1.29, 1.82) is 0 Å². The van der Waals surface area contributed by atoms with E-state index in [2.05, 4.69) is 16.7 Å². The molecule has 2 aromatic carbocycles. The zero-order valence-corrected chi connectivity index (χ0v) is 16.7. The van der Waals surface area contributed by atoms with Crippen molar-refractivity contribution in [2.75, 3.05) is 12.4 Å². The Morgan fingerprint density at radius 1 is 1.26 bits per heavy atom. The maximum atomic E-state index is 13.4. The number of thiocarbonyl (C=S) groups is 1. The average molecular weight is 382 g/mol. The summed E-state index contributed by atoms with van der Waals surface area (Å²) in [5.74, 6) is 0.220. The topological polar surface area (TPSA) is 53.6 Å². The second kappa shape index (κ2) is 6.23. The Kier molecular flexibility index (Phi) is 4.11. The van der Waals surface area contributed by atoms with Crippen LogP contribution in [-0.2, 0) is 4.79 Å². The third kappa shape index (κ3) is 2.75. The van der Waals surface area contributed by atoms with E-state index in [4.69, 9.17) is 17.0 Å². The van der Waals surface area contributed by atoms with Crippen LogP contribution >= 0.6 is 12.2 Å². The summed E-state index contributed by atoms with van der Waals surface area (Å²) >= 11 is 5.49. The first-order chi connectivity index (χ1) is 12.8. The summed E-state index contributed by atoms with van der Waals surface area (Å²) in [5.41, 5.74) is 3.09. The molecule has 27 heavy (non-hydrogen) atoms. The van der Waals surface area contributed by atoms with Crippen molar-refractivity contribution < 1.29 is 9.53 Å². The molecule has 0 radical (unpaired) electrons. The lowest BCUT2D eigenvalue weighted by Crippen LogP contribution is -2.70. The van der Waals surface area contributed by atoms with Crippen molar-refractivity contribution >= 4 is 28.9 Å². The highest BCUT2D eigenvalue weighted by Gasteiger charge is 2.57. The Balaban J connectivity index is 1.74. The molecule has 1 amide bonds. The number of carbonyl (C=O) groups is 1. The maximum absolute atomic E-state index is 13.4. The largest absolute Gasteiger partial charge is 0.467 e. The molecule has 2 aliphatic heterocycles. The molecule has 2 N–H and O–H groups in total. The fourth-order valence-corrected chi connectivity index (χ4v) is 4.34. The van der Waals surface area contributed by atoms with Crippen molar-refractivity contribution in [3.8, 4) is 5.75 Å². The smallest absolute Gasteiger partial charge is 0.236 e. The lowest BCUT2D eigenvalue weighted by molar-refractivity contribution is -0.146. The Morgan fingerprint density at radius 3 is 2.74 bits per heavy atom. The third-order valence-electron chi connectivity index (χ3n) is 5.65. The zero-order chi connectivity index (χ0) is 19.3. The van der Waals surface area contributed by atoms with Gasteiger partial charge in [0, 0.05) is 18.3 Å². The number of hydrogen-bond acceptors (Lipinski definition) is 3. The molecule has 0 saturated carbocycles. The van der Waals surface area contributed by atoms with Crippen molar-refractivity contribution in [1.82, 2.24) is 10.2 Å². The Morgan fingerprint density at radius 2 is 2.00 bits per heavy atom. The van der Waals surface area contributed by atoms with Crippen molar-refractivity contribution in [3.63, 3.8) is 0 Å². The normalized spacial score (nSPS) is 25.9. The molecule has 1 saturated heterocycles. The van der Waals surface area contributed by atoms with Crippen LogP contribution in [0.5, 0.6) is 5.75 Å². The van der Waals surface area contributed by atoms with Crippen molar-refractivity contribution in [2.24, 2.45) is 5.92 Å². The Labute approximate surface area is 164 Å². The first-order valence-corrected chi connectivity index (χ1v) is 9.42. The number of hydrogen-bond donors (Lipinski definition) is 2. The number of rotatable bonds is 2. The summed E-state index contributed by atoms with van der Waals surface area (Å²) in [6, 6.07) is 13.6. The van der Waals surface area contributed by atoms with Crippen molar-refractivity contribution in [2.45, 2.75) is 32.5 Å². The molecule has 0 unspecified atom stereocenters. The first-order valence-electron chi connectivity index (χ1n) is 9.01. The van der Waals surface area contributed by atoms with Crippen LogP contribution in [0.25, 0.3) is 0 Å². The van der Waals surface area contributed by atoms with E-state index in [9.17, 15) is 4.79 Å². The highest BCUT2D eigenvalue weighted by molar-refractivity contribution is 7.80. The SMILES string of the molecule is Cc1ccc(NC(=O)[C@@H]2[C@@H]3NC(=S)N(C)[C@@]2(C)Oc2ccccc23)c(C)c1. The molecule has 3 atom stereocenters. The second-order valence-corrected chi connectivity index (χ2v) is 7.85. The molecular weight excluding hydrogens is 358 g/mol. The molecule has 2 heterocycles. The van der Waals surface area contributed by atoms with E-state index in [0.717, 1.165) is 28.1 Å². The zero-order valence-electron chi connectivity index (χ0n) is 15.9. The minimum absolute atomic E-state index is 0.0918. The number of amides is 1. The van der Waals surface area contributed by atoms with E-state index in [1.807, 2.05) is 69.1 Å². The van der Waals surface area contributed by atoms with Crippen LogP contribution in [0.15, 0.2) is 42.5 Å². The first kappa shape index (κ1) is 17.8. The number of nitrogens with zero attached hydrogens (tertiary/aromatic N) is 1. The highest BCUT2D eigenvalue weighted by Crippen LogP contribution is 2.47. The number of fused-ring (bicyclic) bond motifs is 4. The summed E-state index contributed by atoms with van der Waals surface area (Å²) in [4.78, 5) is 15.2. The van der Waals surface area contributed by atoms with E-state index < -0.39 is 11.6 Å². The van der Waals surface area contributed by atoms with Gasteiger partial charge < -0.3 is 20.3 Å². The predicted octanol–water partition coefficient (Wildman–Crippen LogP) is 3.53. The van der Waals surface area contributed by atoms with E-state index in [0.29, 0.717) is 5.11 Å². The quantitative estimate of drug-likeness (QED) is 0.780. The number of anilines is 1.